The van der Waals surface area contributed by atoms with Crippen LogP contribution in [0, 0.1) is 10.1 Å². The van der Waals surface area contributed by atoms with Gasteiger partial charge in [0.25, 0.3) is 5.69 Å². The van der Waals surface area contributed by atoms with Gasteiger partial charge in [-0.25, -0.2) is 0 Å². The van der Waals surface area contributed by atoms with Crippen molar-refractivity contribution in [3.05, 3.63) is 51.2 Å². The molecule has 2 N–H and O–H groups in total. The minimum Gasteiger partial charge on any atom is -0.481 e. The molecule has 0 spiro atoms. The van der Waals surface area contributed by atoms with E-state index in [-0.39, 0.29) is 17.1 Å². The molecule has 0 aliphatic carbocycles. The summed E-state index contributed by atoms with van der Waals surface area (Å²) in [4.78, 5) is 20.6. The molecule has 0 saturated heterocycles. The molecular formula is C15H15ClN2O5. The largest absolute Gasteiger partial charge is 0.481 e. The Morgan fingerprint density at radius 1 is 1.35 bits per heavy atom. The molecule has 8 heteroatoms. The zero-order chi connectivity index (χ0) is 16.8. The molecule has 0 unspecified atom stereocenters. The molecule has 1 aromatic carbocycles. The van der Waals surface area contributed by atoms with Gasteiger partial charge in [0.15, 0.2) is 0 Å². The third kappa shape index (κ3) is 4.80. The molecule has 1 heterocycles. The van der Waals surface area contributed by atoms with E-state index in [1.54, 1.807) is 18.2 Å². The Kier molecular flexibility index (Phi) is 5.72. The highest BCUT2D eigenvalue weighted by Crippen LogP contribution is 2.32. The molecule has 2 aromatic rings. The van der Waals surface area contributed by atoms with E-state index >= 15 is 0 Å². The van der Waals surface area contributed by atoms with Gasteiger partial charge >= 0.3 is 5.97 Å². The summed E-state index contributed by atoms with van der Waals surface area (Å²) in [5, 5.41) is 22.6. The highest BCUT2D eigenvalue weighted by atomic mass is 35.5. The number of rotatable bonds is 8. The summed E-state index contributed by atoms with van der Waals surface area (Å²) in [6.45, 7) is 1.03. The second kappa shape index (κ2) is 7.75. The van der Waals surface area contributed by atoms with Gasteiger partial charge in [-0.2, -0.15) is 0 Å². The fraction of sp³-hybridized carbons (Fsp3) is 0.267. The summed E-state index contributed by atoms with van der Waals surface area (Å²) in [6.07, 6.45) is 0.659. The van der Waals surface area contributed by atoms with Gasteiger partial charge in [0.05, 0.1) is 16.5 Å². The second-order valence-electron chi connectivity index (χ2n) is 4.86. The Labute approximate surface area is 137 Å². The Morgan fingerprint density at radius 2 is 2.13 bits per heavy atom. The summed E-state index contributed by atoms with van der Waals surface area (Å²) < 4.78 is 5.65. The molecule has 1 aromatic heterocycles. The Bertz CT molecular complexity index is 714. The van der Waals surface area contributed by atoms with E-state index in [9.17, 15) is 14.9 Å². The van der Waals surface area contributed by atoms with Crippen molar-refractivity contribution in [1.82, 2.24) is 5.32 Å². The highest BCUT2D eigenvalue weighted by molar-refractivity contribution is 6.33. The van der Waals surface area contributed by atoms with E-state index in [4.69, 9.17) is 21.1 Å². The van der Waals surface area contributed by atoms with Crippen LogP contribution in [0.3, 0.4) is 0 Å². The summed E-state index contributed by atoms with van der Waals surface area (Å²) in [5.74, 6) is 0.372. The maximum absolute atomic E-state index is 10.7. The first kappa shape index (κ1) is 17.0. The predicted octanol–water partition coefficient (Wildman–Crippen LogP) is 3.46. The Balaban J connectivity index is 1.96. The van der Waals surface area contributed by atoms with E-state index in [0.717, 1.165) is 0 Å². The number of carbonyl (C=O) groups is 1. The van der Waals surface area contributed by atoms with Gasteiger partial charge in [-0.1, -0.05) is 11.6 Å². The first-order valence-electron chi connectivity index (χ1n) is 6.93. The fourth-order valence-electron chi connectivity index (χ4n) is 2.01. The molecular weight excluding hydrogens is 324 g/mol. The van der Waals surface area contributed by atoms with Crippen molar-refractivity contribution < 1.29 is 19.2 Å². The number of nitrogens with zero attached hydrogens (tertiary/aromatic N) is 1. The maximum atomic E-state index is 10.7. The molecule has 0 bridgehead atoms. The lowest BCUT2D eigenvalue weighted by molar-refractivity contribution is -0.384. The summed E-state index contributed by atoms with van der Waals surface area (Å²) in [5.41, 5.74) is 0.500. The molecule has 7 nitrogen and oxygen atoms in total. The van der Waals surface area contributed by atoms with Crippen molar-refractivity contribution >= 4 is 23.3 Å². The van der Waals surface area contributed by atoms with Crippen LogP contribution in [0.5, 0.6) is 0 Å². The fourth-order valence-corrected chi connectivity index (χ4v) is 2.28. The normalized spacial score (nSPS) is 10.7. The molecule has 0 aliphatic rings. The maximum Gasteiger partial charge on any atom is 0.303 e. The lowest BCUT2D eigenvalue weighted by Crippen LogP contribution is -2.15. The lowest BCUT2D eigenvalue weighted by atomic mass is 10.1. The third-order valence-corrected chi connectivity index (χ3v) is 3.45. The highest BCUT2D eigenvalue weighted by Gasteiger charge is 2.13. The van der Waals surface area contributed by atoms with Crippen molar-refractivity contribution in [3.63, 3.8) is 0 Å². The number of hydrogen-bond donors (Lipinski definition) is 2. The number of benzene rings is 1. The number of nitrogens with one attached hydrogen (secondary N) is 1. The van der Waals surface area contributed by atoms with Crippen molar-refractivity contribution in [2.24, 2.45) is 0 Å². The van der Waals surface area contributed by atoms with Crippen LogP contribution < -0.4 is 5.32 Å². The molecule has 0 radical (unpaired) electrons. The number of carboxylic acids is 1. The minimum absolute atomic E-state index is 0.0781. The van der Waals surface area contributed by atoms with Gasteiger partial charge in [0, 0.05) is 24.1 Å². The summed E-state index contributed by atoms with van der Waals surface area (Å²) in [6, 6.07) is 7.71. The summed E-state index contributed by atoms with van der Waals surface area (Å²) in [7, 11) is 0. The molecule has 0 aliphatic heterocycles. The first-order valence-corrected chi connectivity index (χ1v) is 7.30. The van der Waals surface area contributed by atoms with Crippen LogP contribution in [-0.4, -0.2) is 22.5 Å². The van der Waals surface area contributed by atoms with Gasteiger partial charge in [0.1, 0.15) is 11.5 Å². The van der Waals surface area contributed by atoms with Crippen LogP contribution >= 0.6 is 11.6 Å². The van der Waals surface area contributed by atoms with Crippen LogP contribution in [-0.2, 0) is 11.3 Å². The monoisotopic (exact) mass is 338 g/mol. The molecule has 0 saturated carbocycles. The number of nitro benzene ring substituents is 1. The molecule has 122 valence electrons. The van der Waals surface area contributed by atoms with E-state index < -0.39 is 10.9 Å². The SMILES string of the molecule is O=C(O)CCCNCc1ccc(-c2ccc([N+](=O)[O-])cc2Cl)o1. The van der Waals surface area contributed by atoms with E-state index in [2.05, 4.69) is 5.32 Å². The molecule has 2 rings (SSSR count). The average Bonchev–Trinajstić information content (AvgIpc) is 2.95. The Hall–Kier alpha value is -2.38. The second-order valence-corrected chi connectivity index (χ2v) is 5.27. The van der Waals surface area contributed by atoms with Crippen LogP contribution in [0.1, 0.15) is 18.6 Å². The molecule has 0 atom stereocenters. The quantitative estimate of drug-likeness (QED) is 0.433. The first-order chi connectivity index (χ1) is 11.0. The van der Waals surface area contributed by atoms with Crippen molar-refractivity contribution in [2.75, 3.05) is 6.54 Å². The van der Waals surface area contributed by atoms with Crippen LogP contribution in [0.15, 0.2) is 34.7 Å². The van der Waals surface area contributed by atoms with Crippen molar-refractivity contribution in [3.8, 4) is 11.3 Å². The molecule has 0 amide bonds. The van der Waals surface area contributed by atoms with Crippen LogP contribution in [0.25, 0.3) is 11.3 Å². The minimum atomic E-state index is -0.820. The van der Waals surface area contributed by atoms with E-state index in [1.165, 1.54) is 12.1 Å². The van der Waals surface area contributed by atoms with Crippen LogP contribution in [0.2, 0.25) is 5.02 Å². The average molecular weight is 339 g/mol. The van der Waals surface area contributed by atoms with Crippen molar-refractivity contribution in [1.29, 1.82) is 0 Å². The predicted molar refractivity (Wildman–Crippen MR) is 84.4 cm³/mol. The zero-order valence-electron chi connectivity index (χ0n) is 12.1. The standard InChI is InChI=1S/C15H15ClN2O5/c16-13-8-10(18(21)22)3-5-12(13)14-6-4-11(23-14)9-17-7-1-2-15(19)20/h3-6,8,17H,1-2,7,9H2,(H,19,20). The number of carboxylic acid groups (broad SMARTS) is 1. The number of nitro groups is 1. The number of halogens is 1. The van der Waals surface area contributed by atoms with Gasteiger partial charge < -0.3 is 14.8 Å². The smallest absolute Gasteiger partial charge is 0.303 e. The van der Waals surface area contributed by atoms with Gasteiger partial charge in [-0.15, -0.1) is 0 Å². The summed E-state index contributed by atoms with van der Waals surface area (Å²) >= 11 is 6.06. The lowest BCUT2D eigenvalue weighted by Gasteiger charge is -2.02. The number of non-ortho nitro benzene ring substituents is 1. The molecule has 0 fully saturated rings. The number of aliphatic carboxylic acids is 1. The zero-order valence-corrected chi connectivity index (χ0v) is 12.9. The number of furan rings is 1. The topological polar surface area (TPSA) is 106 Å². The van der Waals surface area contributed by atoms with Crippen LogP contribution in [0.4, 0.5) is 5.69 Å². The van der Waals surface area contributed by atoms with Crippen molar-refractivity contribution in [2.45, 2.75) is 19.4 Å². The van der Waals surface area contributed by atoms with E-state index in [1.807, 2.05) is 0 Å². The van der Waals surface area contributed by atoms with Gasteiger partial charge in [0.2, 0.25) is 0 Å². The third-order valence-electron chi connectivity index (χ3n) is 3.13. The number of hydrogen-bond acceptors (Lipinski definition) is 5. The van der Waals surface area contributed by atoms with Gasteiger partial charge in [-0.05, 0) is 31.2 Å². The molecule has 23 heavy (non-hydrogen) atoms. The van der Waals surface area contributed by atoms with E-state index in [0.29, 0.717) is 36.6 Å². The Morgan fingerprint density at radius 3 is 2.78 bits per heavy atom. The van der Waals surface area contributed by atoms with Gasteiger partial charge in [-0.3, -0.25) is 14.9 Å².